The second kappa shape index (κ2) is 6.68. The first-order valence-corrected chi connectivity index (χ1v) is 7.83. The first-order chi connectivity index (χ1) is 11.5. The fourth-order valence-corrected chi connectivity index (χ4v) is 3.16. The first kappa shape index (κ1) is 16.6. The Morgan fingerprint density at radius 2 is 2.00 bits per heavy atom. The Hall–Kier alpha value is -2.28. The summed E-state index contributed by atoms with van der Waals surface area (Å²) >= 11 is 0. The summed E-state index contributed by atoms with van der Waals surface area (Å²) in [7, 11) is 0. The standard InChI is InChI=1S/C17H18F2N2O3/c18-13-2-1-3-14(19)16(13)21-8-11(7-15(21)23)17(24)20-12-5-4-10(6-12)9-22/h1-5,10-12,22H,6-9H2,(H,20,24)/t10-,11+,12+/m0/s1. The van der Waals surface area contributed by atoms with Crippen LogP contribution in [0.25, 0.3) is 0 Å². The third kappa shape index (κ3) is 3.17. The molecule has 3 rings (SSSR count). The summed E-state index contributed by atoms with van der Waals surface area (Å²) in [4.78, 5) is 25.4. The zero-order valence-corrected chi connectivity index (χ0v) is 12.9. The Kier molecular flexibility index (Phi) is 4.62. The first-order valence-electron chi connectivity index (χ1n) is 7.83. The molecule has 1 fully saturated rings. The van der Waals surface area contributed by atoms with Gasteiger partial charge in [-0.2, -0.15) is 0 Å². The molecular formula is C17H18F2N2O3. The predicted octanol–water partition coefficient (Wildman–Crippen LogP) is 1.37. The Bertz CT molecular complexity index is 672. The summed E-state index contributed by atoms with van der Waals surface area (Å²) in [5.41, 5.74) is -0.404. The number of hydrogen-bond acceptors (Lipinski definition) is 3. The van der Waals surface area contributed by atoms with E-state index in [1.54, 1.807) is 0 Å². The number of nitrogens with one attached hydrogen (secondary N) is 1. The third-order valence-corrected chi connectivity index (χ3v) is 4.44. The van der Waals surface area contributed by atoms with Gasteiger partial charge in [0.2, 0.25) is 11.8 Å². The van der Waals surface area contributed by atoms with Gasteiger partial charge in [-0.3, -0.25) is 9.59 Å². The van der Waals surface area contributed by atoms with Crippen LogP contribution in [0.4, 0.5) is 14.5 Å². The van der Waals surface area contributed by atoms with E-state index in [-0.39, 0.29) is 37.4 Å². The van der Waals surface area contributed by atoms with Gasteiger partial charge >= 0.3 is 0 Å². The highest BCUT2D eigenvalue weighted by Gasteiger charge is 2.38. The Morgan fingerprint density at radius 3 is 2.62 bits per heavy atom. The number of halogens is 2. The van der Waals surface area contributed by atoms with Crippen LogP contribution in [-0.4, -0.2) is 36.1 Å². The fourth-order valence-electron chi connectivity index (χ4n) is 3.16. The Balaban J connectivity index is 1.67. The molecule has 0 unspecified atom stereocenters. The van der Waals surface area contributed by atoms with Crippen LogP contribution < -0.4 is 10.2 Å². The number of para-hydroxylation sites is 1. The lowest BCUT2D eigenvalue weighted by Crippen LogP contribution is -2.38. The Labute approximate surface area is 138 Å². The number of carbonyl (C=O) groups is 2. The van der Waals surface area contributed by atoms with Crippen LogP contribution in [-0.2, 0) is 9.59 Å². The maximum Gasteiger partial charge on any atom is 0.228 e. The predicted molar refractivity (Wildman–Crippen MR) is 83.1 cm³/mol. The summed E-state index contributed by atoms with van der Waals surface area (Å²) in [6, 6.07) is 3.20. The molecule has 128 valence electrons. The molecule has 2 aliphatic rings. The van der Waals surface area contributed by atoms with Gasteiger partial charge in [0.15, 0.2) is 0 Å². The lowest BCUT2D eigenvalue weighted by atomic mass is 10.1. The molecular weight excluding hydrogens is 318 g/mol. The van der Waals surface area contributed by atoms with E-state index in [1.807, 2.05) is 12.2 Å². The van der Waals surface area contributed by atoms with Crippen LogP contribution >= 0.6 is 0 Å². The molecule has 2 N–H and O–H groups in total. The van der Waals surface area contributed by atoms with E-state index in [0.29, 0.717) is 6.42 Å². The van der Waals surface area contributed by atoms with Crippen LogP contribution in [0.3, 0.4) is 0 Å². The quantitative estimate of drug-likeness (QED) is 0.816. The highest BCUT2D eigenvalue weighted by molar-refractivity contribution is 6.00. The Morgan fingerprint density at radius 1 is 1.29 bits per heavy atom. The average Bonchev–Trinajstić information content (AvgIpc) is 3.14. The number of rotatable bonds is 4. The van der Waals surface area contributed by atoms with Gasteiger partial charge in [0, 0.05) is 31.5 Å². The molecule has 5 nitrogen and oxygen atoms in total. The van der Waals surface area contributed by atoms with Crippen molar-refractivity contribution in [3.8, 4) is 0 Å². The molecule has 1 aromatic rings. The normalized spacial score (nSPS) is 26.2. The maximum atomic E-state index is 13.8. The second-order valence-corrected chi connectivity index (χ2v) is 6.15. The van der Waals surface area contributed by atoms with Gasteiger partial charge in [-0.05, 0) is 18.6 Å². The number of carbonyl (C=O) groups excluding carboxylic acids is 2. The van der Waals surface area contributed by atoms with Crippen LogP contribution in [0, 0.1) is 23.5 Å². The van der Waals surface area contributed by atoms with E-state index in [9.17, 15) is 18.4 Å². The minimum Gasteiger partial charge on any atom is -0.396 e. The number of benzene rings is 1. The number of nitrogens with zero attached hydrogens (tertiary/aromatic N) is 1. The molecule has 2 amide bonds. The molecule has 0 spiro atoms. The molecule has 0 bridgehead atoms. The number of amides is 2. The average molecular weight is 336 g/mol. The largest absolute Gasteiger partial charge is 0.396 e. The minimum absolute atomic E-state index is 0.0181. The molecule has 0 aromatic heterocycles. The smallest absolute Gasteiger partial charge is 0.228 e. The zero-order chi connectivity index (χ0) is 17.3. The summed E-state index contributed by atoms with van der Waals surface area (Å²) in [6.45, 7) is -0.0342. The van der Waals surface area contributed by atoms with Crippen molar-refractivity contribution < 1.29 is 23.5 Å². The van der Waals surface area contributed by atoms with Gasteiger partial charge in [-0.15, -0.1) is 0 Å². The van der Waals surface area contributed by atoms with Crippen LogP contribution in [0.15, 0.2) is 30.4 Å². The summed E-state index contributed by atoms with van der Waals surface area (Å²) < 4.78 is 27.7. The molecule has 24 heavy (non-hydrogen) atoms. The highest BCUT2D eigenvalue weighted by atomic mass is 19.1. The number of aliphatic hydroxyl groups is 1. The van der Waals surface area contributed by atoms with Gasteiger partial charge in [0.05, 0.1) is 5.92 Å². The van der Waals surface area contributed by atoms with Crippen molar-refractivity contribution in [2.75, 3.05) is 18.1 Å². The number of anilines is 1. The minimum atomic E-state index is -0.825. The van der Waals surface area contributed by atoms with Crippen molar-refractivity contribution in [1.82, 2.24) is 5.32 Å². The molecule has 1 aromatic carbocycles. The molecule has 0 radical (unpaired) electrons. The van der Waals surface area contributed by atoms with Gasteiger partial charge in [0.1, 0.15) is 17.3 Å². The van der Waals surface area contributed by atoms with Crippen LogP contribution in [0.2, 0.25) is 0 Å². The van der Waals surface area contributed by atoms with E-state index in [4.69, 9.17) is 5.11 Å². The number of aliphatic hydroxyl groups excluding tert-OH is 1. The van der Waals surface area contributed by atoms with Crippen molar-refractivity contribution in [2.45, 2.75) is 18.9 Å². The monoisotopic (exact) mass is 336 g/mol. The van der Waals surface area contributed by atoms with Crippen molar-refractivity contribution >= 4 is 17.5 Å². The third-order valence-electron chi connectivity index (χ3n) is 4.44. The topological polar surface area (TPSA) is 69.6 Å². The fraction of sp³-hybridized carbons (Fsp3) is 0.412. The van der Waals surface area contributed by atoms with Crippen molar-refractivity contribution in [3.05, 3.63) is 42.0 Å². The molecule has 7 heteroatoms. The maximum absolute atomic E-state index is 13.8. The molecule has 1 aliphatic carbocycles. The summed E-state index contributed by atoms with van der Waals surface area (Å²) in [5.74, 6) is -3.09. The molecule has 1 heterocycles. The lowest BCUT2D eigenvalue weighted by molar-refractivity contribution is -0.126. The van der Waals surface area contributed by atoms with Gasteiger partial charge in [0.25, 0.3) is 0 Å². The lowest BCUT2D eigenvalue weighted by Gasteiger charge is -2.19. The SMILES string of the molecule is O=C(N[C@@H]1C=C[C@H](CO)C1)[C@@H]1CC(=O)N(c2c(F)cccc2F)C1. The van der Waals surface area contributed by atoms with E-state index >= 15 is 0 Å². The summed E-state index contributed by atoms with van der Waals surface area (Å²) in [6.07, 6.45) is 4.17. The van der Waals surface area contributed by atoms with Crippen molar-refractivity contribution in [1.29, 1.82) is 0 Å². The van der Waals surface area contributed by atoms with Crippen molar-refractivity contribution in [2.24, 2.45) is 11.8 Å². The van der Waals surface area contributed by atoms with E-state index in [0.717, 1.165) is 17.0 Å². The zero-order valence-electron chi connectivity index (χ0n) is 12.9. The van der Waals surface area contributed by atoms with E-state index in [2.05, 4.69) is 5.32 Å². The molecule has 1 aliphatic heterocycles. The van der Waals surface area contributed by atoms with E-state index < -0.39 is 29.1 Å². The molecule has 3 atom stereocenters. The second-order valence-electron chi connectivity index (χ2n) is 6.15. The van der Waals surface area contributed by atoms with Gasteiger partial charge < -0.3 is 15.3 Å². The van der Waals surface area contributed by atoms with Crippen LogP contribution in [0.1, 0.15) is 12.8 Å². The van der Waals surface area contributed by atoms with Gasteiger partial charge in [-0.25, -0.2) is 8.78 Å². The van der Waals surface area contributed by atoms with Crippen molar-refractivity contribution in [3.63, 3.8) is 0 Å². The number of hydrogen-bond donors (Lipinski definition) is 2. The molecule has 0 saturated carbocycles. The highest BCUT2D eigenvalue weighted by Crippen LogP contribution is 2.30. The van der Waals surface area contributed by atoms with Gasteiger partial charge in [-0.1, -0.05) is 18.2 Å². The summed E-state index contributed by atoms with van der Waals surface area (Å²) in [5, 5.41) is 11.9. The van der Waals surface area contributed by atoms with E-state index in [1.165, 1.54) is 6.07 Å². The molecule has 1 saturated heterocycles. The van der Waals surface area contributed by atoms with Crippen LogP contribution in [0.5, 0.6) is 0 Å².